The molecule has 0 bridgehead atoms. The van der Waals surface area contributed by atoms with Crippen LogP contribution in [0.3, 0.4) is 0 Å². The van der Waals surface area contributed by atoms with Gasteiger partial charge in [-0.3, -0.25) is 4.79 Å². The molecule has 0 N–H and O–H groups in total. The molecule has 0 saturated carbocycles. The molecule has 2 saturated heterocycles. The van der Waals surface area contributed by atoms with Crippen LogP contribution in [0, 0.1) is 5.92 Å². The van der Waals surface area contributed by atoms with Gasteiger partial charge in [-0.2, -0.15) is 0 Å². The first-order valence-electron chi connectivity index (χ1n) is 9.54. The first kappa shape index (κ1) is 18.1. The Morgan fingerprint density at radius 1 is 1.04 bits per heavy atom. The topological polar surface area (TPSA) is 42.0 Å². The van der Waals surface area contributed by atoms with Crippen LogP contribution in [0.5, 0.6) is 11.5 Å². The molecule has 2 aliphatic heterocycles. The number of hydrogen-bond donors (Lipinski definition) is 0. The fourth-order valence-electron chi connectivity index (χ4n) is 3.75. The number of hydrogen-bond acceptors (Lipinski definition) is 4. The minimum atomic E-state index is 0.255. The lowest BCUT2D eigenvalue weighted by molar-refractivity contribution is -0.136. The highest BCUT2D eigenvalue weighted by Gasteiger charge is 2.29. The Labute approximate surface area is 150 Å². The molecule has 1 aromatic carbocycles. The quantitative estimate of drug-likeness (QED) is 0.712. The normalized spacial score (nSPS) is 19.2. The van der Waals surface area contributed by atoms with E-state index in [1.54, 1.807) is 7.11 Å². The molecule has 1 aromatic rings. The molecule has 0 aliphatic carbocycles. The number of amides is 1. The van der Waals surface area contributed by atoms with Crippen LogP contribution in [0.1, 0.15) is 32.1 Å². The molecule has 5 heteroatoms. The van der Waals surface area contributed by atoms with E-state index >= 15 is 0 Å². The SMILES string of the molecule is COc1ccc(OCCCN2CCC(C(=O)N3CCCC3)CC2)cc1. The summed E-state index contributed by atoms with van der Waals surface area (Å²) >= 11 is 0. The predicted molar refractivity (Wildman–Crippen MR) is 98.1 cm³/mol. The highest BCUT2D eigenvalue weighted by Crippen LogP contribution is 2.22. The number of nitrogens with zero attached hydrogens (tertiary/aromatic N) is 2. The van der Waals surface area contributed by atoms with Crippen molar-refractivity contribution in [2.45, 2.75) is 32.1 Å². The molecule has 2 heterocycles. The summed E-state index contributed by atoms with van der Waals surface area (Å²) in [6.45, 7) is 5.78. The lowest BCUT2D eigenvalue weighted by Gasteiger charge is -2.33. The molecule has 0 unspecified atom stereocenters. The first-order chi connectivity index (χ1) is 12.3. The minimum absolute atomic E-state index is 0.255. The number of likely N-dealkylation sites (tertiary alicyclic amines) is 2. The van der Waals surface area contributed by atoms with Crippen molar-refractivity contribution in [2.75, 3.05) is 46.4 Å². The molecule has 2 fully saturated rings. The summed E-state index contributed by atoms with van der Waals surface area (Å²) in [5, 5.41) is 0. The van der Waals surface area contributed by atoms with Crippen LogP contribution in [-0.4, -0.2) is 62.1 Å². The van der Waals surface area contributed by atoms with Gasteiger partial charge in [-0.25, -0.2) is 0 Å². The zero-order valence-electron chi connectivity index (χ0n) is 15.3. The predicted octanol–water partition coefficient (Wildman–Crippen LogP) is 2.80. The van der Waals surface area contributed by atoms with Gasteiger partial charge < -0.3 is 19.3 Å². The Morgan fingerprint density at radius 2 is 1.68 bits per heavy atom. The summed E-state index contributed by atoms with van der Waals surface area (Å²) in [6.07, 6.45) is 5.39. The van der Waals surface area contributed by atoms with Crippen LogP contribution in [0.15, 0.2) is 24.3 Å². The summed E-state index contributed by atoms with van der Waals surface area (Å²) in [7, 11) is 1.66. The van der Waals surface area contributed by atoms with E-state index in [4.69, 9.17) is 9.47 Å². The zero-order chi connectivity index (χ0) is 17.5. The van der Waals surface area contributed by atoms with Gasteiger partial charge in [0.2, 0.25) is 5.91 Å². The molecule has 138 valence electrons. The first-order valence-corrected chi connectivity index (χ1v) is 9.54. The van der Waals surface area contributed by atoms with Gasteiger partial charge in [-0.1, -0.05) is 0 Å². The van der Waals surface area contributed by atoms with Gasteiger partial charge in [-0.05, 0) is 69.5 Å². The van der Waals surface area contributed by atoms with Crippen LogP contribution in [0.4, 0.5) is 0 Å². The largest absolute Gasteiger partial charge is 0.497 e. The van der Waals surface area contributed by atoms with Crippen molar-refractivity contribution in [1.29, 1.82) is 0 Å². The molecule has 5 nitrogen and oxygen atoms in total. The van der Waals surface area contributed by atoms with Gasteiger partial charge in [0.15, 0.2) is 0 Å². The van der Waals surface area contributed by atoms with E-state index in [9.17, 15) is 4.79 Å². The summed E-state index contributed by atoms with van der Waals surface area (Å²) in [5.41, 5.74) is 0. The average molecular weight is 346 g/mol. The Hall–Kier alpha value is -1.75. The van der Waals surface area contributed by atoms with Crippen LogP contribution in [0.25, 0.3) is 0 Å². The maximum absolute atomic E-state index is 12.4. The lowest BCUT2D eigenvalue weighted by Crippen LogP contribution is -2.42. The second kappa shape index (κ2) is 9.09. The summed E-state index contributed by atoms with van der Waals surface area (Å²) in [5.74, 6) is 2.39. The molecule has 1 amide bonds. The van der Waals surface area contributed by atoms with Gasteiger partial charge in [0.25, 0.3) is 0 Å². The van der Waals surface area contributed by atoms with Gasteiger partial charge in [0.05, 0.1) is 13.7 Å². The molecular weight excluding hydrogens is 316 g/mol. The molecule has 2 aliphatic rings. The van der Waals surface area contributed by atoms with Crippen LogP contribution < -0.4 is 9.47 Å². The number of piperidine rings is 1. The third-order valence-corrected chi connectivity index (χ3v) is 5.30. The molecule has 0 spiro atoms. The van der Waals surface area contributed by atoms with Crippen molar-refractivity contribution in [1.82, 2.24) is 9.80 Å². The molecule has 0 aromatic heterocycles. The number of carbonyl (C=O) groups excluding carboxylic acids is 1. The molecule has 3 rings (SSSR count). The highest BCUT2D eigenvalue weighted by atomic mass is 16.5. The third-order valence-electron chi connectivity index (χ3n) is 5.30. The monoisotopic (exact) mass is 346 g/mol. The fourth-order valence-corrected chi connectivity index (χ4v) is 3.75. The Bertz CT molecular complexity index is 532. The van der Waals surface area contributed by atoms with Gasteiger partial charge in [0.1, 0.15) is 11.5 Å². The van der Waals surface area contributed by atoms with Crippen LogP contribution in [-0.2, 0) is 4.79 Å². The minimum Gasteiger partial charge on any atom is -0.497 e. The van der Waals surface area contributed by atoms with Crippen molar-refractivity contribution in [3.8, 4) is 11.5 Å². The van der Waals surface area contributed by atoms with E-state index < -0.39 is 0 Å². The lowest BCUT2D eigenvalue weighted by atomic mass is 9.95. The van der Waals surface area contributed by atoms with E-state index in [0.29, 0.717) is 5.91 Å². The third kappa shape index (κ3) is 5.11. The van der Waals surface area contributed by atoms with Gasteiger partial charge in [0, 0.05) is 25.6 Å². The summed E-state index contributed by atoms with van der Waals surface area (Å²) in [6, 6.07) is 7.71. The van der Waals surface area contributed by atoms with E-state index in [1.165, 1.54) is 12.8 Å². The Balaban J connectivity index is 1.30. The second-order valence-electron chi connectivity index (χ2n) is 7.03. The van der Waals surface area contributed by atoms with Crippen molar-refractivity contribution < 1.29 is 14.3 Å². The molecular formula is C20H30N2O3. The van der Waals surface area contributed by atoms with E-state index in [-0.39, 0.29) is 5.92 Å². The van der Waals surface area contributed by atoms with Crippen molar-refractivity contribution in [3.63, 3.8) is 0 Å². The van der Waals surface area contributed by atoms with Crippen molar-refractivity contribution in [3.05, 3.63) is 24.3 Å². The number of rotatable bonds is 7. The van der Waals surface area contributed by atoms with Gasteiger partial charge >= 0.3 is 0 Å². The van der Waals surface area contributed by atoms with E-state index in [1.807, 2.05) is 24.3 Å². The van der Waals surface area contributed by atoms with E-state index in [0.717, 1.165) is 70.1 Å². The molecule has 0 atom stereocenters. The Kier molecular flexibility index (Phi) is 6.56. The smallest absolute Gasteiger partial charge is 0.225 e. The number of methoxy groups -OCH3 is 1. The average Bonchev–Trinajstić information content (AvgIpc) is 3.20. The molecule has 25 heavy (non-hydrogen) atoms. The second-order valence-corrected chi connectivity index (χ2v) is 7.03. The number of carbonyl (C=O) groups is 1. The highest BCUT2D eigenvalue weighted by molar-refractivity contribution is 5.79. The fraction of sp³-hybridized carbons (Fsp3) is 0.650. The standard InChI is InChI=1S/C20H30N2O3/c1-24-18-5-7-19(8-6-18)25-16-4-11-21-14-9-17(10-15-21)20(23)22-12-2-3-13-22/h5-8,17H,2-4,9-16H2,1H3. The van der Waals surface area contributed by atoms with Crippen molar-refractivity contribution >= 4 is 5.91 Å². The Morgan fingerprint density at radius 3 is 2.32 bits per heavy atom. The maximum Gasteiger partial charge on any atom is 0.225 e. The summed E-state index contributed by atoms with van der Waals surface area (Å²) in [4.78, 5) is 17.0. The van der Waals surface area contributed by atoms with Crippen molar-refractivity contribution in [2.24, 2.45) is 5.92 Å². The maximum atomic E-state index is 12.4. The summed E-state index contributed by atoms with van der Waals surface area (Å²) < 4.78 is 10.9. The number of ether oxygens (including phenoxy) is 2. The van der Waals surface area contributed by atoms with E-state index in [2.05, 4.69) is 9.80 Å². The van der Waals surface area contributed by atoms with Gasteiger partial charge in [-0.15, -0.1) is 0 Å². The van der Waals surface area contributed by atoms with Crippen LogP contribution in [0.2, 0.25) is 0 Å². The van der Waals surface area contributed by atoms with Crippen LogP contribution >= 0.6 is 0 Å². The number of benzene rings is 1. The molecule has 0 radical (unpaired) electrons. The zero-order valence-corrected chi connectivity index (χ0v) is 15.3.